The molecule has 0 aliphatic heterocycles. The van der Waals surface area contributed by atoms with E-state index in [9.17, 15) is 9.59 Å². The Morgan fingerprint density at radius 2 is 1.88 bits per heavy atom. The number of rotatable bonds is 7. The molecule has 5 heteroatoms. The fourth-order valence-corrected chi connectivity index (χ4v) is 1.58. The molecule has 0 atom stereocenters. The van der Waals surface area contributed by atoms with E-state index in [1.165, 1.54) is 30.4 Å². The summed E-state index contributed by atoms with van der Waals surface area (Å²) in [6.45, 7) is 2.77. The molecule has 1 rings (SSSR count). The fourth-order valence-electron chi connectivity index (χ4n) is 1.58. The number of hydrogen-bond donors (Lipinski definition) is 1. The predicted molar refractivity (Wildman–Crippen MR) is 62.5 cm³/mol. The Balaban J connectivity index is 2.27. The van der Waals surface area contributed by atoms with Gasteiger partial charge in [0.1, 0.15) is 6.20 Å². The third-order valence-corrected chi connectivity index (χ3v) is 2.50. The monoisotopic (exact) mass is 225 g/mol. The maximum absolute atomic E-state index is 11.3. The van der Waals surface area contributed by atoms with Gasteiger partial charge in [-0.3, -0.25) is 9.78 Å². The molecule has 0 aliphatic rings. The van der Waals surface area contributed by atoms with Gasteiger partial charge in [-0.2, -0.15) is 5.10 Å². The number of aromatic amines is 1. The molecule has 0 saturated carbocycles. The van der Waals surface area contributed by atoms with Crippen molar-refractivity contribution in [3.8, 4) is 0 Å². The largest absolute Gasteiger partial charge is 0.344 e. The standard InChI is InChI=1S/C11H19N3O2/c1-2-3-4-5-6-7-8-14-11(16)13-10(15)9-12-14/h9H,2-8H2,1H3,(H,13,15,16). The van der Waals surface area contributed by atoms with Crippen molar-refractivity contribution in [3.05, 3.63) is 27.0 Å². The summed E-state index contributed by atoms with van der Waals surface area (Å²) in [7, 11) is 0. The van der Waals surface area contributed by atoms with Crippen molar-refractivity contribution in [2.75, 3.05) is 0 Å². The minimum atomic E-state index is -0.441. The first-order chi connectivity index (χ1) is 7.74. The van der Waals surface area contributed by atoms with Gasteiger partial charge in [0, 0.05) is 6.54 Å². The molecule has 5 nitrogen and oxygen atoms in total. The Labute approximate surface area is 94.5 Å². The Kier molecular flexibility index (Phi) is 5.53. The highest BCUT2D eigenvalue weighted by Crippen LogP contribution is 2.04. The van der Waals surface area contributed by atoms with Gasteiger partial charge in [-0.05, 0) is 6.42 Å². The first-order valence-corrected chi connectivity index (χ1v) is 5.90. The zero-order valence-electron chi connectivity index (χ0n) is 9.74. The van der Waals surface area contributed by atoms with E-state index in [0.29, 0.717) is 6.54 Å². The van der Waals surface area contributed by atoms with Crippen LogP contribution in [-0.4, -0.2) is 14.8 Å². The third kappa shape index (κ3) is 4.42. The normalized spacial score (nSPS) is 10.6. The van der Waals surface area contributed by atoms with Gasteiger partial charge >= 0.3 is 5.69 Å². The quantitative estimate of drug-likeness (QED) is 0.711. The van der Waals surface area contributed by atoms with Crippen molar-refractivity contribution in [3.63, 3.8) is 0 Å². The first kappa shape index (κ1) is 12.7. The van der Waals surface area contributed by atoms with E-state index in [1.807, 2.05) is 0 Å². The zero-order chi connectivity index (χ0) is 11.8. The molecule has 0 unspecified atom stereocenters. The Morgan fingerprint density at radius 3 is 2.56 bits per heavy atom. The van der Waals surface area contributed by atoms with Gasteiger partial charge in [-0.1, -0.05) is 39.0 Å². The average molecular weight is 225 g/mol. The number of nitrogens with one attached hydrogen (secondary N) is 1. The van der Waals surface area contributed by atoms with E-state index in [4.69, 9.17) is 0 Å². The van der Waals surface area contributed by atoms with Crippen LogP contribution in [0.3, 0.4) is 0 Å². The molecule has 0 saturated heterocycles. The van der Waals surface area contributed by atoms with Crippen molar-refractivity contribution >= 4 is 0 Å². The summed E-state index contributed by atoms with van der Waals surface area (Å²) in [5, 5.41) is 3.77. The molecule has 0 spiro atoms. The van der Waals surface area contributed by atoms with Gasteiger partial charge in [0.25, 0.3) is 5.56 Å². The second-order valence-electron chi connectivity index (χ2n) is 3.93. The van der Waals surface area contributed by atoms with Crippen LogP contribution in [0.5, 0.6) is 0 Å². The molecular formula is C11H19N3O2. The van der Waals surface area contributed by atoms with Gasteiger partial charge in [-0.15, -0.1) is 0 Å². The average Bonchev–Trinajstić information content (AvgIpc) is 2.26. The zero-order valence-corrected chi connectivity index (χ0v) is 9.74. The summed E-state index contributed by atoms with van der Waals surface area (Å²) >= 11 is 0. The van der Waals surface area contributed by atoms with Crippen molar-refractivity contribution < 1.29 is 0 Å². The number of unbranched alkanes of at least 4 members (excludes halogenated alkanes) is 5. The fraction of sp³-hybridized carbons (Fsp3) is 0.727. The van der Waals surface area contributed by atoms with Crippen molar-refractivity contribution in [2.45, 2.75) is 52.0 Å². The van der Waals surface area contributed by atoms with Crippen molar-refractivity contribution in [1.29, 1.82) is 0 Å². The van der Waals surface area contributed by atoms with Gasteiger partial charge < -0.3 is 0 Å². The molecule has 16 heavy (non-hydrogen) atoms. The second kappa shape index (κ2) is 6.98. The molecule has 0 aromatic carbocycles. The number of hydrogen-bond acceptors (Lipinski definition) is 3. The highest BCUT2D eigenvalue weighted by molar-refractivity contribution is 4.69. The molecule has 0 radical (unpaired) electrons. The topological polar surface area (TPSA) is 67.8 Å². The lowest BCUT2D eigenvalue weighted by atomic mass is 10.1. The maximum Gasteiger partial charge on any atom is 0.344 e. The minimum Gasteiger partial charge on any atom is -0.271 e. The van der Waals surface area contributed by atoms with E-state index in [2.05, 4.69) is 17.0 Å². The molecule has 0 fully saturated rings. The number of aromatic nitrogens is 3. The second-order valence-corrected chi connectivity index (χ2v) is 3.93. The van der Waals surface area contributed by atoms with Gasteiger partial charge in [0.05, 0.1) is 0 Å². The van der Waals surface area contributed by atoms with Crippen molar-refractivity contribution in [2.24, 2.45) is 0 Å². The highest BCUT2D eigenvalue weighted by Gasteiger charge is 1.97. The molecule has 0 bridgehead atoms. The molecular weight excluding hydrogens is 206 g/mol. The molecule has 0 amide bonds. The first-order valence-electron chi connectivity index (χ1n) is 5.90. The molecule has 0 aliphatic carbocycles. The van der Waals surface area contributed by atoms with Gasteiger partial charge in [0.15, 0.2) is 0 Å². The van der Waals surface area contributed by atoms with E-state index < -0.39 is 11.2 Å². The smallest absolute Gasteiger partial charge is 0.271 e. The number of nitrogens with zero attached hydrogens (tertiary/aromatic N) is 2. The highest BCUT2D eigenvalue weighted by atomic mass is 16.2. The molecule has 90 valence electrons. The van der Waals surface area contributed by atoms with Crippen LogP contribution in [0, 0.1) is 0 Å². The molecule has 1 aromatic heterocycles. The SMILES string of the molecule is CCCCCCCCn1ncc(=O)[nH]c1=O. The van der Waals surface area contributed by atoms with Crippen LogP contribution in [0.15, 0.2) is 15.8 Å². The maximum atomic E-state index is 11.3. The van der Waals surface area contributed by atoms with Crippen LogP contribution in [0.4, 0.5) is 0 Å². The Bertz CT molecular complexity index is 408. The Morgan fingerprint density at radius 1 is 1.19 bits per heavy atom. The molecule has 1 N–H and O–H groups in total. The summed E-state index contributed by atoms with van der Waals surface area (Å²) in [4.78, 5) is 24.2. The summed E-state index contributed by atoms with van der Waals surface area (Å²) in [6, 6.07) is 0. The third-order valence-electron chi connectivity index (χ3n) is 2.50. The number of H-pyrrole nitrogens is 1. The lowest BCUT2D eigenvalue weighted by Crippen LogP contribution is -2.31. The Hall–Kier alpha value is -1.39. The molecule has 1 heterocycles. The van der Waals surface area contributed by atoms with Crippen LogP contribution in [0.25, 0.3) is 0 Å². The van der Waals surface area contributed by atoms with Crippen LogP contribution in [-0.2, 0) is 6.54 Å². The van der Waals surface area contributed by atoms with Crippen molar-refractivity contribution in [1.82, 2.24) is 14.8 Å². The summed E-state index contributed by atoms with van der Waals surface area (Å²) in [5.41, 5.74) is -0.856. The van der Waals surface area contributed by atoms with Crippen LogP contribution < -0.4 is 11.2 Å². The molecule has 1 aromatic rings. The van der Waals surface area contributed by atoms with Gasteiger partial charge in [-0.25, -0.2) is 9.48 Å². The van der Waals surface area contributed by atoms with Gasteiger partial charge in [0.2, 0.25) is 0 Å². The summed E-state index contributed by atoms with van der Waals surface area (Å²) in [5.74, 6) is 0. The lowest BCUT2D eigenvalue weighted by molar-refractivity contribution is 0.497. The van der Waals surface area contributed by atoms with E-state index in [-0.39, 0.29) is 0 Å². The van der Waals surface area contributed by atoms with Crippen LogP contribution >= 0.6 is 0 Å². The van der Waals surface area contributed by atoms with E-state index in [0.717, 1.165) is 19.0 Å². The minimum absolute atomic E-state index is 0.416. The van der Waals surface area contributed by atoms with E-state index in [1.54, 1.807) is 0 Å². The van der Waals surface area contributed by atoms with E-state index >= 15 is 0 Å². The lowest BCUT2D eigenvalue weighted by Gasteiger charge is -2.02. The van der Waals surface area contributed by atoms with Crippen LogP contribution in [0.2, 0.25) is 0 Å². The number of aryl methyl sites for hydroxylation is 1. The summed E-state index contributed by atoms with van der Waals surface area (Å²) < 4.78 is 1.31. The predicted octanol–water partition coefficient (Wildman–Crippen LogP) is 1.29. The summed E-state index contributed by atoms with van der Waals surface area (Å²) in [6.07, 6.45) is 8.14. The van der Waals surface area contributed by atoms with Crippen LogP contribution in [0.1, 0.15) is 45.4 Å².